The highest BCUT2D eigenvalue weighted by Gasteiger charge is 2.69. The van der Waals surface area contributed by atoms with Crippen LogP contribution in [0.2, 0.25) is 5.02 Å². The molecule has 268 valence electrons. The SMILES string of the molecule is COc1cc(O)c([C@H]2C3=CC[C@@H]4C(=O)N(C(N)=O)C(=O)[C@@H]4[C@@H]3C[C@H]3C(=O)N(c4cc(-c5sc6ccc(Cl)cc6c5C)nn4C)C(=O)[C@@]23C)c(OC)c1. The van der Waals surface area contributed by atoms with Gasteiger partial charge in [0.25, 0.3) is 0 Å². The van der Waals surface area contributed by atoms with Gasteiger partial charge in [-0.15, -0.1) is 11.3 Å². The third kappa shape index (κ3) is 4.46. The molecule has 13 nitrogen and oxygen atoms in total. The van der Waals surface area contributed by atoms with Crippen LogP contribution >= 0.6 is 22.9 Å². The van der Waals surface area contributed by atoms with Crippen LogP contribution in [0.1, 0.15) is 36.8 Å². The molecule has 3 N–H and O–H groups in total. The second kappa shape index (κ2) is 11.7. The van der Waals surface area contributed by atoms with Gasteiger partial charge in [0.05, 0.1) is 42.3 Å². The molecule has 4 aliphatic rings. The van der Waals surface area contributed by atoms with Crippen LogP contribution < -0.4 is 20.1 Å². The molecule has 15 heteroatoms. The fourth-order valence-electron chi connectivity index (χ4n) is 9.14. The number of thiophene rings is 1. The number of primary amides is 1. The highest BCUT2D eigenvalue weighted by atomic mass is 35.5. The number of allylic oxidation sites excluding steroid dienone is 2. The number of rotatable bonds is 5. The Kier molecular flexibility index (Phi) is 7.60. The minimum atomic E-state index is -1.49. The number of carbonyl (C=O) groups excluding carboxylic acids is 5. The van der Waals surface area contributed by atoms with Crippen molar-refractivity contribution < 1.29 is 38.6 Å². The summed E-state index contributed by atoms with van der Waals surface area (Å²) in [7, 11) is 4.52. The number of aromatic hydroxyl groups is 1. The van der Waals surface area contributed by atoms with Crippen molar-refractivity contribution in [1.29, 1.82) is 0 Å². The lowest BCUT2D eigenvalue weighted by Gasteiger charge is -2.49. The molecule has 1 saturated carbocycles. The largest absolute Gasteiger partial charge is 0.507 e. The van der Waals surface area contributed by atoms with E-state index in [9.17, 15) is 24.3 Å². The van der Waals surface area contributed by atoms with E-state index in [0.717, 1.165) is 25.4 Å². The molecule has 2 saturated heterocycles. The molecular formula is C37H34ClN5O8S. The van der Waals surface area contributed by atoms with Crippen molar-refractivity contribution >= 4 is 68.5 Å². The standard InChI is InChI=1S/C37H34ClN5O8S/c1-15-20-10-16(38)6-9-26(20)52-31(15)23-14-27(41(3)40-23)42-33(46)22-13-21-18(7-8-19-28(21)34(47)43(32(19)45)36(39)49)30(37(22,2)35(42)48)29-24(44)11-17(50-4)12-25(29)51-5/h6-7,9-12,14,19,21-22,28,30,44H,8,13H2,1-5H3,(H2,39,49)/t19-,21+,22-,28-,30+,37+/m0/s1. The molecule has 6 amide bonds. The van der Waals surface area contributed by atoms with Crippen molar-refractivity contribution in [2.24, 2.45) is 41.9 Å². The average molecular weight is 744 g/mol. The van der Waals surface area contributed by atoms with Crippen molar-refractivity contribution in [3.63, 3.8) is 0 Å². The summed E-state index contributed by atoms with van der Waals surface area (Å²) in [5.74, 6) is -6.52. The number of nitrogens with zero attached hydrogens (tertiary/aromatic N) is 4. The van der Waals surface area contributed by atoms with Crippen molar-refractivity contribution in [2.75, 3.05) is 19.1 Å². The van der Waals surface area contributed by atoms with E-state index in [4.69, 9.17) is 31.9 Å². The van der Waals surface area contributed by atoms with E-state index in [0.29, 0.717) is 26.9 Å². The fourth-order valence-corrected chi connectivity index (χ4v) is 10.5. The van der Waals surface area contributed by atoms with E-state index in [-0.39, 0.29) is 35.7 Å². The first-order valence-corrected chi connectivity index (χ1v) is 17.9. The van der Waals surface area contributed by atoms with Gasteiger partial charge in [-0.2, -0.15) is 10.00 Å². The molecule has 6 atom stereocenters. The van der Waals surface area contributed by atoms with Crippen LogP contribution in [0.25, 0.3) is 20.7 Å². The maximum absolute atomic E-state index is 15.1. The Hall–Kier alpha value is -5.21. The summed E-state index contributed by atoms with van der Waals surface area (Å²) in [6, 6.07) is 9.17. The molecule has 4 heterocycles. The Balaban J connectivity index is 1.29. The minimum absolute atomic E-state index is 0.0345. The summed E-state index contributed by atoms with van der Waals surface area (Å²) >= 11 is 7.81. The zero-order valence-electron chi connectivity index (χ0n) is 28.8. The number of likely N-dealkylation sites (tertiary alicyclic amines) is 1. The van der Waals surface area contributed by atoms with Crippen molar-refractivity contribution in [3.05, 3.63) is 64.2 Å². The number of urea groups is 1. The van der Waals surface area contributed by atoms with Gasteiger partial charge in [0.2, 0.25) is 23.6 Å². The maximum Gasteiger partial charge on any atom is 0.328 e. The highest BCUT2D eigenvalue weighted by Crippen LogP contribution is 2.65. The third-order valence-corrected chi connectivity index (χ3v) is 13.1. The number of hydrogen-bond donors (Lipinski definition) is 2. The number of carbonyl (C=O) groups is 5. The van der Waals surface area contributed by atoms with Gasteiger partial charge in [-0.05, 0) is 61.8 Å². The molecule has 52 heavy (non-hydrogen) atoms. The summed E-state index contributed by atoms with van der Waals surface area (Å²) in [5, 5.41) is 17.9. The van der Waals surface area contributed by atoms with Crippen LogP contribution in [-0.2, 0) is 26.2 Å². The number of aromatic nitrogens is 2. The summed E-state index contributed by atoms with van der Waals surface area (Å²) in [6.45, 7) is 3.67. The first kappa shape index (κ1) is 33.9. The number of ether oxygens (including phenoxy) is 2. The molecular weight excluding hydrogens is 710 g/mol. The monoisotopic (exact) mass is 743 g/mol. The lowest BCUT2D eigenvalue weighted by molar-refractivity contribution is -0.136. The second-order valence-electron chi connectivity index (χ2n) is 14.0. The molecule has 2 aliphatic heterocycles. The van der Waals surface area contributed by atoms with E-state index in [1.54, 1.807) is 32.2 Å². The Bertz CT molecular complexity index is 2330. The third-order valence-electron chi connectivity index (χ3n) is 11.5. The normalized spacial score (nSPS) is 26.8. The Morgan fingerprint density at radius 3 is 2.50 bits per heavy atom. The number of imide groups is 4. The molecule has 2 aliphatic carbocycles. The Labute approximate surface area is 306 Å². The van der Waals surface area contributed by atoms with Gasteiger partial charge in [-0.1, -0.05) is 23.3 Å². The van der Waals surface area contributed by atoms with E-state index in [1.165, 1.54) is 36.3 Å². The number of nitrogens with two attached hydrogens (primary N) is 1. The molecule has 2 aromatic carbocycles. The number of halogens is 1. The summed E-state index contributed by atoms with van der Waals surface area (Å²) < 4.78 is 13.7. The van der Waals surface area contributed by atoms with Gasteiger partial charge in [0.15, 0.2) is 0 Å². The Morgan fingerprint density at radius 1 is 1.06 bits per heavy atom. The number of aryl methyl sites for hydroxylation is 2. The number of phenols is 1. The molecule has 2 aromatic heterocycles. The molecule has 0 bridgehead atoms. The van der Waals surface area contributed by atoms with Gasteiger partial charge in [0.1, 0.15) is 28.8 Å². The summed E-state index contributed by atoms with van der Waals surface area (Å²) in [6.07, 6.45) is 1.93. The van der Waals surface area contributed by atoms with Crippen LogP contribution in [0.15, 0.2) is 48.0 Å². The number of hydrogen-bond acceptors (Lipinski definition) is 10. The number of methoxy groups -OCH3 is 2. The van der Waals surface area contributed by atoms with Crippen molar-refractivity contribution in [3.8, 4) is 27.8 Å². The molecule has 4 aromatic rings. The predicted molar refractivity (Wildman–Crippen MR) is 191 cm³/mol. The Morgan fingerprint density at radius 2 is 1.81 bits per heavy atom. The van der Waals surface area contributed by atoms with Crippen molar-refractivity contribution in [2.45, 2.75) is 32.6 Å². The van der Waals surface area contributed by atoms with Gasteiger partial charge in [-0.3, -0.25) is 23.9 Å². The second-order valence-corrected chi connectivity index (χ2v) is 15.5. The first-order valence-electron chi connectivity index (χ1n) is 16.7. The van der Waals surface area contributed by atoms with Gasteiger partial charge < -0.3 is 20.3 Å². The van der Waals surface area contributed by atoms with Gasteiger partial charge >= 0.3 is 6.03 Å². The number of phenolic OH excluding ortho intramolecular Hbond substituents is 1. The molecule has 0 unspecified atom stereocenters. The van der Waals surface area contributed by atoms with Crippen LogP contribution in [0, 0.1) is 36.0 Å². The number of anilines is 1. The minimum Gasteiger partial charge on any atom is -0.507 e. The predicted octanol–water partition coefficient (Wildman–Crippen LogP) is 5.30. The van der Waals surface area contributed by atoms with E-state index < -0.39 is 64.7 Å². The molecule has 8 rings (SSSR count). The topological polar surface area (TPSA) is 174 Å². The average Bonchev–Trinajstić information content (AvgIpc) is 3.78. The van der Waals surface area contributed by atoms with Gasteiger partial charge in [-0.25, -0.2) is 9.69 Å². The number of benzene rings is 2. The van der Waals surface area contributed by atoms with Crippen LogP contribution in [0.4, 0.5) is 10.6 Å². The molecule has 3 fully saturated rings. The van der Waals surface area contributed by atoms with Gasteiger partial charge in [0, 0.05) is 46.5 Å². The first-order chi connectivity index (χ1) is 24.7. The maximum atomic E-state index is 15.1. The van der Waals surface area contributed by atoms with Crippen LogP contribution in [0.5, 0.6) is 17.2 Å². The van der Waals surface area contributed by atoms with E-state index in [1.807, 2.05) is 25.1 Å². The number of fused-ring (bicyclic) bond motifs is 5. The zero-order chi connectivity index (χ0) is 37.1. The number of amides is 6. The lowest BCUT2D eigenvalue weighted by Crippen LogP contribution is -2.49. The smallest absolute Gasteiger partial charge is 0.328 e. The lowest BCUT2D eigenvalue weighted by atomic mass is 9.51. The van der Waals surface area contributed by atoms with Crippen molar-refractivity contribution in [1.82, 2.24) is 14.7 Å². The molecule has 0 radical (unpaired) electrons. The van der Waals surface area contributed by atoms with E-state index >= 15 is 4.79 Å². The van der Waals surface area contributed by atoms with E-state index in [2.05, 4.69) is 0 Å². The zero-order valence-corrected chi connectivity index (χ0v) is 30.4. The summed E-state index contributed by atoms with van der Waals surface area (Å²) in [4.78, 5) is 71.7. The van der Waals surface area contributed by atoms with Crippen LogP contribution in [-0.4, -0.2) is 63.7 Å². The fraction of sp³-hybridized carbons (Fsp3) is 0.351. The molecule has 0 spiro atoms. The van der Waals surface area contributed by atoms with Crippen LogP contribution in [0.3, 0.4) is 0 Å². The highest BCUT2D eigenvalue weighted by molar-refractivity contribution is 7.22. The summed E-state index contributed by atoms with van der Waals surface area (Å²) in [5.41, 5.74) is 6.35. The quantitative estimate of drug-likeness (QED) is 0.203.